The first-order chi connectivity index (χ1) is 6.86. The van der Waals surface area contributed by atoms with Crippen molar-refractivity contribution in [2.75, 3.05) is 32.6 Å². The molecule has 1 rings (SSSR count). The minimum absolute atomic E-state index is 0.894. The molecular weight excluding hydrogens is 176 g/mol. The minimum atomic E-state index is 0.894. The first-order valence-corrected chi connectivity index (χ1v) is 4.89. The Morgan fingerprint density at radius 1 is 1.14 bits per heavy atom. The second-order valence-corrected chi connectivity index (χ2v) is 3.11. The Morgan fingerprint density at radius 2 is 1.86 bits per heavy atom. The molecule has 1 aromatic rings. The van der Waals surface area contributed by atoms with Crippen LogP contribution in [0.2, 0.25) is 0 Å². The third-order valence-electron chi connectivity index (χ3n) is 2.02. The van der Waals surface area contributed by atoms with Crippen molar-refractivity contribution in [2.24, 2.45) is 0 Å². The summed E-state index contributed by atoms with van der Waals surface area (Å²) < 4.78 is 5.07. The van der Waals surface area contributed by atoms with Crippen LogP contribution in [0, 0.1) is 0 Å². The molecular formula is C11H18N2O. The van der Waals surface area contributed by atoms with Crippen molar-refractivity contribution >= 4 is 5.69 Å². The fourth-order valence-corrected chi connectivity index (χ4v) is 1.21. The molecule has 0 aliphatic carbocycles. The molecule has 0 amide bonds. The summed E-state index contributed by atoms with van der Waals surface area (Å²) >= 11 is 0. The lowest BCUT2D eigenvalue weighted by Crippen LogP contribution is -2.12. The second-order valence-electron chi connectivity index (χ2n) is 3.11. The number of nitrogens with one attached hydrogen (secondary N) is 2. The van der Waals surface area contributed by atoms with Gasteiger partial charge in [0.2, 0.25) is 0 Å². The van der Waals surface area contributed by atoms with Gasteiger partial charge >= 0.3 is 0 Å². The van der Waals surface area contributed by atoms with E-state index < -0.39 is 0 Å². The summed E-state index contributed by atoms with van der Waals surface area (Å²) in [5.41, 5.74) is 1.14. The van der Waals surface area contributed by atoms with Crippen LogP contribution < -0.4 is 15.4 Å². The third kappa shape index (κ3) is 3.66. The van der Waals surface area contributed by atoms with Gasteiger partial charge in [0.05, 0.1) is 7.11 Å². The Kier molecular flexibility index (Phi) is 4.86. The summed E-state index contributed by atoms with van der Waals surface area (Å²) in [6.45, 7) is 2.04. The van der Waals surface area contributed by atoms with Crippen molar-refractivity contribution in [1.29, 1.82) is 0 Å². The van der Waals surface area contributed by atoms with Gasteiger partial charge in [-0.05, 0) is 44.3 Å². The van der Waals surface area contributed by atoms with Crippen LogP contribution in [0.1, 0.15) is 6.42 Å². The summed E-state index contributed by atoms with van der Waals surface area (Å²) in [6, 6.07) is 7.97. The van der Waals surface area contributed by atoms with Crippen LogP contribution in [-0.2, 0) is 0 Å². The van der Waals surface area contributed by atoms with Crippen LogP contribution in [0.4, 0.5) is 5.69 Å². The molecule has 14 heavy (non-hydrogen) atoms. The van der Waals surface area contributed by atoms with E-state index in [4.69, 9.17) is 4.74 Å². The van der Waals surface area contributed by atoms with Crippen molar-refractivity contribution in [3.63, 3.8) is 0 Å². The summed E-state index contributed by atoms with van der Waals surface area (Å²) in [4.78, 5) is 0. The Hall–Kier alpha value is -1.22. The average Bonchev–Trinajstić information content (AvgIpc) is 2.25. The number of anilines is 1. The maximum absolute atomic E-state index is 5.07. The molecule has 78 valence electrons. The number of hydrogen-bond donors (Lipinski definition) is 2. The van der Waals surface area contributed by atoms with Crippen molar-refractivity contribution in [3.05, 3.63) is 24.3 Å². The van der Waals surface area contributed by atoms with E-state index in [1.165, 1.54) is 0 Å². The van der Waals surface area contributed by atoms with Crippen LogP contribution >= 0.6 is 0 Å². The standard InChI is InChI=1S/C11H18N2O/c1-12-8-3-9-13-10-4-6-11(14-2)7-5-10/h4-7,12-13H,3,8-9H2,1-2H3. The Bertz CT molecular complexity index is 246. The van der Waals surface area contributed by atoms with Gasteiger partial charge in [0.1, 0.15) is 5.75 Å². The predicted octanol–water partition coefficient (Wildman–Crippen LogP) is 1.72. The van der Waals surface area contributed by atoms with E-state index in [1.807, 2.05) is 31.3 Å². The van der Waals surface area contributed by atoms with Crippen LogP contribution in [0.15, 0.2) is 24.3 Å². The number of benzene rings is 1. The molecule has 3 heteroatoms. The number of methoxy groups -OCH3 is 1. The number of rotatable bonds is 6. The van der Waals surface area contributed by atoms with E-state index in [-0.39, 0.29) is 0 Å². The van der Waals surface area contributed by atoms with Gasteiger partial charge in [-0.25, -0.2) is 0 Å². The van der Waals surface area contributed by atoms with Crippen molar-refractivity contribution < 1.29 is 4.74 Å². The van der Waals surface area contributed by atoms with E-state index in [9.17, 15) is 0 Å². The monoisotopic (exact) mass is 194 g/mol. The van der Waals surface area contributed by atoms with Crippen LogP contribution in [0.3, 0.4) is 0 Å². The molecule has 0 atom stereocenters. The molecule has 0 spiro atoms. The van der Waals surface area contributed by atoms with Gasteiger partial charge in [-0.15, -0.1) is 0 Å². The lowest BCUT2D eigenvalue weighted by molar-refractivity contribution is 0.415. The SMILES string of the molecule is CNCCCNc1ccc(OC)cc1. The summed E-state index contributed by atoms with van der Waals surface area (Å²) in [7, 11) is 3.64. The normalized spacial score (nSPS) is 9.86. The lowest BCUT2D eigenvalue weighted by atomic mass is 10.3. The number of ether oxygens (including phenoxy) is 1. The highest BCUT2D eigenvalue weighted by molar-refractivity contribution is 5.46. The van der Waals surface area contributed by atoms with E-state index in [0.717, 1.165) is 30.9 Å². The van der Waals surface area contributed by atoms with Crippen LogP contribution in [-0.4, -0.2) is 27.2 Å². The molecule has 0 radical (unpaired) electrons. The topological polar surface area (TPSA) is 33.3 Å². The van der Waals surface area contributed by atoms with Gasteiger partial charge in [0.15, 0.2) is 0 Å². The van der Waals surface area contributed by atoms with Crippen LogP contribution in [0.25, 0.3) is 0 Å². The van der Waals surface area contributed by atoms with Crippen molar-refractivity contribution in [3.8, 4) is 5.75 Å². The molecule has 0 saturated carbocycles. The molecule has 3 nitrogen and oxygen atoms in total. The zero-order chi connectivity index (χ0) is 10.2. The number of hydrogen-bond acceptors (Lipinski definition) is 3. The zero-order valence-corrected chi connectivity index (χ0v) is 8.84. The summed E-state index contributed by atoms with van der Waals surface area (Å²) in [5, 5.41) is 6.45. The molecule has 0 aromatic heterocycles. The minimum Gasteiger partial charge on any atom is -0.497 e. The molecule has 0 saturated heterocycles. The van der Waals surface area contributed by atoms with E-state index >= 15 is 0 Å². The maximum atomic E-state index is 5.07. The second kappa shape index (κ2) is 6.27. The van der Waals surface area contributed by atoms with Gasteiger partial charge < -0.3 is 15.4 Å². The highest BCUT2D eigenvalue weighted by Crippen LogP contribution is 2.14. The maximum Gasteiger partial charge on any atom is 0.119 e. The highest BCUT2D eigenvalue weighted by atomic mass is 16.5. The van der Waals surface area contributed by atoms with Gasteiger partial charge in [0, 0.05) is 12.2 Å². The van der Waals surface area contributed by atoms with Crippen molar-refractivity contribution in [1.82, 2.24) is 5.32 Å². The molecule has 0 aliphatic heterocycles. The fraction of sp³-hybridized carbons (Fsp3) is 0.455. The van der Waals surface area contributed by atoms with Gasteiger partial charge in [0.25, 0.3) is 0 Å². The molecule has 0 aliphatic rings. The van der Waals surface area contributed by atoms with E-state index in [1.54, 1.807) is 7.11 Å². The van der Waals surface area contributed by atoms with Crippen LogP contribution in [0.5, 0.6) is 5.75 Å². The smallest absolute Gasteiger partial charge is 0.119 e. The summed E-state index contributed by atoms with van der Waals surface area (Å²) in [5.74, 6) is 0.894. The Labute approximate surface area is 85.5 Å². The first kappa shape index (κ1) is 10.9. The van der Waals surface area contributed by atoms with Crippen molar-refractivity contribution in [2.45, 2.75) is 6.42 Å². The zero-order valence-electron chi connectivity index (χ0n) is 8.84. The fourth-order valence-electron chi connectivity index (χ4n) is 1.21. The molecule has 2 N–H and O–H groups in total. The van der Waals surface area contributed by atoms with Gasteiger partial charge in [-0.2, -0.15) is 0 Å². The van der Waals surface area contributed by atoms with E-state index in [2.05, 4.69) is 10.6 Å². The largest absolute Gasteiger partial charge is 0.497 e. The van der Waals surface area contributed by atoms with Gasteiger partial charge in [-0.1, -0.05) is 0 Å². The molecule has 0 fully saturated rings. The summed E-state index contributed by atoms with van der Waals surface area (Å²) in [6.07, 6.45) is 1.13. The molecule has 0 bridgehead atoms. The average molecular weight is 194 g/mol. The van der Waals surface area contributed by atoms with Gasteiger partial charge in [-0.3, -0.25) is 0 Å². The predicted molar refractivity (Wildman–Crippen MR) is 60.0 cm³/mol. The lowest BCUT2D eigenvalue weighted by Gasteiger charge is -2.06. The quantitative estimate of drug-likeness (QED) is 0.676. The first-order valence-electron chi connectivity index (χ1n) is 4.89. The molecule has 0 heterocycles. The highest BCUT2D eigenvalue weighted by Gasteiger charge is 1.92. The molecule has 0 unspecified atom stereocenters. The Morgan fingerprint density at radius 3 is 2.43 bits per heavy atom. The van der Waals surface area contributed by atoms with E-state index in [0.29, 0.717) is 0 Å². The third-order valence-corrected chi connectivity index (χ3v) is 2.02. The Balaban J connectivity index is 2.29. The molecule has 1 aromatic carbocycles.